The van der Waals surface area contributed by atoms with Crippen LogP contribution in [0.5, 0.6) is 23.0 Å². The number of hydrogen-bond acceptors (Lipinski definition) is 20. The van der Waals surface area contributed by atoms with Gasteiger partial charge in [-0.3, -0.25) is 8.74 Å². The Morgan fingerprint density at radius 3 is 1.75 bits per heavy atom. The fourth-order valence-corrected chi connectivity index (χ4v) is 9.63. The van der Waals surface area contributed by atoms with Crippen molar-refractivity contribution in [2.45, 2.75) is 17.6 Å². The second kappa shape index (κ2) is 20.7. The van der Waals surface area contributed by atoms with Crippen LogP contribution >= 0.6 is 0 Å². The molecule has 73 heavy (non-hydrogen) atoms. The molecule has 0 bridgehead atoms. The van der Waals surface area contributed by atoms with Crippen LogP contribution in [0.25, 0.3) is 32.3 Å². The number of benzene rings is 8. The lowest BCUT2D eigenvalue weighted by atomic mass is 10.1. The molecule has 25 heteroatoms. The second-order valence-corrected chi connectivity index (χ2v) is 22.2. The predicted molar refractivity (Wildman–Crippen MR) is 274 cm³/mol. The molecule has 8 rings (SSSR count). The number of ether oxygens (including phenoxy) is 1. The molecule has 3 N–H and O–H groups in total. The zero-order valence-electron chi connectivity index (χ0n) is 38.7. The number of nitrogens with zero attached hydrogens (tertiary/aromatic N) is 6. The van der Waals surface area contributed by atoms with Crippen LogP contribution in [0.2, 0.25) is 0 Å². The molecule has 0 aliphatic rings. The average molecular weight is 1070 g/mol. The van der Waals surface area contributed by atoms with Crippen LogP contribution in [0.15, 0.2) is 169 Å². The van der Waals surface area contributed by atoms with Gasteiger partial charge in [0.05, 0.1) is 48.2 Å². The van der Waals surface area contributed by atoms with E-state index in [0.717, 1.165) is 25.3 Å². The van der Waals surface area contributed by atoms with E-state index in [4.69, 9.17) is 17.3 Å². The zero-order valence-corrected chi connectivity index (χ0v) is 42.0. The van der Waals surface area contributed by atoms with Crippen LogP contribution in [0, 0.1) is 0 Å². The number of rotatable bonds is 18. The molecule has 8 aromatic carbocycles. The smallest absolute Gasteiger partial charge is 0.306 e. The number of nitrogens with one attached hydrogen (secondary N) is 1. The van der Waals surface area contributed by atoms with E-state index in [9.17, 15) is 43.3 Å². The summed E-state index contributed by atoms with van der Waals surface area (Å²) in [6.45, 7) is 1.80. The Morgan fingerprint density at radius 2 is 1.12 bits per heavy atom. The third-order valence-electron chi connectivity index (χ3n) is 10.5. The lowest BCUT2D eigenvalue weighted by molar-refractivity contribution is 0.342. The first-order chi connectivity index (χ1) is 34.6. The van der Waals surface area contributed by atoms with Crippen molar-refractivity contribution in [1.82, 2.24) is 0 Å². The third kappa shape index (κ3) is 12.4. The Hall–Kier alpha value is -7.94. The molecule has 0 spiro atoms. The fraction of sp³-hybridized carbons (Fsp3) is 0.125. The Morgan fingerprint density at radius 1 is 0.521 bits per heavy atom. The van der Waals surface area contributed by atoms with E-state index in [2.05, 4.69) is 36.0 Å². The number of hydrogen-bond donors (Lipinski definition) is 3. The van der Waals surface area contributed by atoms with Gasteiger partial charge < -0.3 is 23.5 Å². The van der Waals surface area contributed by atoms with Crippen LogP contribution in [0.1, 0.15) is 12.5 Å². The summed E-state index contributed by atoms with van der Waals surface area (Å²) in [7, 11) is -16.0. The van der Waals surface area contributed by atoms with E-state index in [1.54, 1.807) is 61.5 Å². The summed E-state index contributed by atoms with van der Waals surface area (Å²) in [6, 6.07) is 34.8. The molecule has 0 aromatic heterocycles. The topological polar surface area (TPSA) is 300 Å². The highest BCUT2D eigenvalue weighted by atomic mass is 32.2. The molecular weight excluding hydrogens is 1030 g/mol. The molecule has 0 atom stereocenters. The number of azo groups is 3. The minimum Gasteiger partial charge on any atom is -0.505 e. The molecule has 8 aromatic rings. The zero-order chi connectivity index (χ0) is 52.3. The first-order valence-electron chi connectivity index (χ1n) is 21.4. The molecular formula is C48H41N7O14S4. The monoisotopic (exact) mass is 1070 g/mol. The third-order valence-corrected chi connectivity index (χ3v) is 13.4. The largest absolute Gasteiger partial charge is 0.505 e. The van der Waals surface area contributed by atoms with Crippen molar-refractivity contribution in [2.75, 3.05) is 31.5 Å². The summed E-state index contributed by atoms with van der Waals surface area (Å²) in [4.78, 5) is -0.253. The van der Waals surface area contributed by atoms with Crippen molar-refractivity contribution in [1.29, 1.82) is 0 Å². The van der Waals surface area contributed by atoms with Crippen molar-refractivity contribution in [3.63, 3.8) is 0 Å². The van der Waals surface area contributed by atoms with Gasteiger partial charge in [-0.2, -0.15) is 33.7 Å². The van der Waals surface area contributed by atoms with Crippen molar-refractivity contribution in [3.8, 4) is 23.0 Å². The number of phenolic OH excluding ortho intramolecular Hbond substituents is 1. The summed E-state index contributed by atoms with van der Waals surface area (Å²) in [5.74, 6) is -1.76. The number of fused-ring (bicyclic) bond motifs is 3. The Kier molecular flexibility index (Phi) is 14.5. The van der Waals surface area contributed by atoms with Gasteiger partial charge >= 0.3 is 20.2 Å². The molecule has 376 valence electrons. The molecule has 0 radical (unpaired) electrons. The van der Waals surface area contributed by atoms with Crippen LogP contribution in [-0.4, -0.2) is 69.6 Å². The fourth-order valence-electron chi connectivity index (χ4n) is 7.42. The van der Waals surface area contributed by atoms with Crippen molar-refractivity contribution >= 4 is 118 Å². The van der Waals surface area contributed by atoms with Crippen LogP contribution in [-0.2, 0) is 50.4 Å². The SMILES string of the molecule is CCOc1cc(N=Nc2ccc(N=Nc3cc(CS(=O)(=O)O)ccc3OS(C)(=O)=O)c3ccccc23)c2cc(S(=O)(=O)OC)ccc2c1N=Nc1c(OS(C)(=O)=O)cc2cc(Nc3ccccc3)ccc2c1O. The summed E-state index contributed by atoms with van der Waals surface area (Å²) < 4.78 is 129. The molecule has 0 saturated heterocycles. The highest BCUT2D eigenvalue weighted by Gasteiger charge is 2.23. The van der Waals surface area contributed by atoms with Crippen LogP contribution in [0.3, 0.4) is 0 Å². The van der Waals surface area contributed by atoms with E-state index in [0.29, 0.717) is 27.5 Å². The molecule has 0 saturated carbocycles. The van der Waals surface area contributed by atoms with E-state index in [-0.39, 0.29) is 78.9 Å². The number of para-hydroxylation sites is 1. The molecule has 0 fully saturated rings. The number of aromatic hydroxyl groups is 1. The molecule has 21 nitrogen and oxygen atoms in total. The maximum Gasteiger partial charge on any atom is 0.306 e. The molecule has 0 amide bonds. The Bertz CT molecular complexity index is 4050. The van der Waals surface area contributed by atoms with Gasteiger partial charge in [0.2, 0.25) is 0 Å². The number of phenols is 1. The first-order valence-corrected chi connectivity index (χ1v) is 28.0. The Balaban J connectivity index is 1.23. The first kappa shape index (κ1) is 51.4. The van der Waals surface area contributed by atoms with Gasteiger partial charge in [0, 0.05) is 44.4 Å². The van der Waals surface area contributed by atoms with E-state index < -0.39 is 52.0 Å². The normalized spacial score (nSPS) is 12.7. The van der Waals surface area contributed by atoms with Gasteiger partial charge in [0.25, 0.3) is 20.2 Å². The summed E-state index contributed by atoms with van der Waals surface area (Å²) in [5, 5.41) is 43.4. The minimum atomic E-state index is -4.46. The molecule has 0 aliphatic carbocycles. The molecule has 0 aliphatic heterocycles. The molecule has 0 heterocycles. The number of anilines is 2. The highest BCUT2D eigenvalue weighted by Crippen LogP contribution is 2.48. The lowest BCUT2D eigenvalue weighted by Crippen LogP contribution is -2.06. The van der Waals surface area contributed by atoms with Crippen LogP contribution in [0.4, 0.5) is 45.5 Å². The van der Waals surface area contributed by atoms with Gasteiger partial charge in [-0.1, -0.05) is 54.6 Å². The summed E-state index contributed by atoms with van der Waals surface area (Å²) >= 11 is 0. The standard InChI is InChI=1S/C48H41N7O14S4/c1-5-67-44-27-41(52-50-39-20-21-40(36-14-10-9-13-35(36)39)51-53-42-23-29(28-72(61,62)63)15-22-43(42)68-70(3,57)58)38-26-33(73(64,65)66-2)17-19-37(38)46(44)54-55-47-45(69-71(4,59)60)25-30-24-32(16-18-34(30)48(47)56)49-31-11-7-6-8-12-31/h6-27,49,56H,5,28H2,1-4H3,(H,61,62,63). The van der Waals surface area contributed by atoms with E-state index in [1.165, 1.54) is 48.5 Å². The van der Waals surface area contributed by atoms with E-state index in [1.807, 2.05) is 30.3 Å². The lowest BCUT2D eigenvalue weighted by Gasteiger charge is -2.14. The van der Waals surface area contributed by atoms with Crippen molar-refractivity contribution in [3.05, 3.63) is 139 Å². The predicted octanol–water partition coefficient (Wildman–Crippen LogP) is 11.6. The average Bonchev–Trinajstić information content (AvgIpc) is 3.32. The quantitative estimate of drug-likeness (QED) is 0.0409. The summed E-state index contributed by atoms with van der Waals surface area (Å²) in [6.07, 6.45) is 1.65. The maximum absolute atomic E-state index is 13.1. The van der Waals surface area contributed by atoms with Crippen molar-refractivity contribution in [2.24, 2.45) is 30.7 Å². The molecule has 0 unspecified atom stereocenters. The van der Waals surface area contributed by atoms with Gasteiger partial charge in [-0.05, 0) is 90.7 Å². The highest BCUT2D eigenvalue weighted by molar-refractivity contribution is 7.87. The minimum absolute atomic E-state index is 0.0261. The van der Waals surface area contributed by atoms with Gasteiger partial charge in [0.1, 0.15) is 22.9 Å². The summed E-state index contributed by atoms with van der Waals surface area (Å²) in [5.41, 5.74) is 1.68. The van der Waals surface area contributed by atoms with Crippen molar-refractivity contribution < 1.29 is 60.6 Å². The second-order valence-electron chi connectivity index (χ2n) is 15.9. The Labute approximate surface area is 418 Å². The van der Waals surface area contributed by atoms with Gasteiger partial charge in [-0.25, -0.2) is 0 Å². The van der Waals surface area contributed by atoms with Crippen LogP contribution < -0.4 is 18.4 Å². The van der Waals surface area contributed by atoms with E-state index >= 15 is 0 Å². The van der Waals surface area contributed by atoms with Gasteiger partial charge in [-0.15, -0.1) is 30.7 Å². The van der Waals surface area contributed by atoms with Gasteiger partial charge in [0.15, 0.2) is 22.9 Å². The maximum atomic E-state index is 13.1.